The third-order valence-electron chi connectivity index (χ3n) is 3.91. The highest BCUT2D eigenvalue weighted by Gasteiger charge is 2.42. The predicted octanol–water partition coefficient (Wildman–Crippen LogP) is 3.64. The molecule has 29 heavy (non-hydrogen) atoms. The molecule has 1 saturated heterocycles. The molecule has 0 amide bonds. The van der Waals surface area contributed by atoms with E-state index < -0.39 is 23.7 Å². The lowest BCUT2D eigenvalue weighted by Gasteiger charge is -2.33. The topological polar surface area (TPSA) is 90.9 Å². The average molecular weight is 399 g/mol. The highest BCUT2D eigenvalue weighted by molar-refractivity contribution is 6.15. The van der Waals surface area contributed by atoms with Crippen LogP contribution in [0.3, 0.4) is 0 Å². The number of esters is 3. The molecular formula is C22H25NO6. The number of carbonyl (C=O) groups excluding carboxylic acids is 3. The molecule has 1 fully saturated rings. The molecule has 7 nitrogen and oxygen atoms in total. The van der Waals surface area contributed by atoms with Crippen LogP contribution in [0.25, 0.3) is 0 Å². The van der Waals surface area contributed by atoms with Gasteiger partial charge in [-0.15, -0.1) is 0 Å². The smallest absolute Gasteiger partial charge is 0.348 e. The van der Waals surface area contributed by atoms with E-state index in [-0.39, 0.29) is 18.4 Å². The number of ether oxygens (including phenoxy) is 3. The Kier molecular flexibility index (Phi) is 8.21. The second kappa shape index (κ2) is 10.8. The Bertz CT molecular complexity index is 790. The third-order valence-corrected chi connectivity index (χ3v) is 3.91. The lowest BCUT2D eigenvalue weighted by atomic mass is 10.1. The van der Waals surface area contributed by atoms with Crippen molar-refractivity contribution in [3.63, 3.8) is 0 Å². The Morgan fingerprint density at radius 3 is 2.45 bits per heavy atom. The van der Waals surface area contributed by atoms with Crippen LogP contribution >= 0.6 is 0 Å². The summed E-state index contributed by atoms with van der Waals surface area (Å²) in [5.74, 6) is -3.50. The molecule has 1 aromatic rings. The number of benzene rings is 1. The molecule has 1 aromatic carbocycles. The minimum atomic E-state index is -1.49. The van der Waals surface area contributed by atoms with Gasteiger partial charge in [-0.3, -0.25) is 4.79 Å². The van der Waals surface area contributed by atoms with E-state index in [1.165, 1.54) is 19.1 Å². The summed E-state index contributed by atoms with van der Waals surface area (Å²) >= 11 is 0. The van der Waals surface area contributed by atoms with Crippen molar-refractivity contribution in [1.29, 1.82) is 0 Å². The Labute approximate surface area is 170 Å². The summed E-state index contributed by atoms with van der Waals surface area (Å²) in [5.41, 5.74) is 0.726. The van der Waals surface area contributed by atoms with Crippen LogP contribution in [0.4, 0.5) is 5.69 Å². The van der Waals surface area contributed by atoms with Gasteiger partial charge in [0.15, 0.2) is 0 Å². The van der Waals surface area contributed by atoms with Crippen LogP contribution in [0.15, 0.2) is 66.4 Å². The molecule has 0 unspecified atom stereocenters. The molecule has 0 saturated carbocycles. The first-order valence-corrected chi connectivity index (χ1v) is 9.41. The van der Waals surface area contributed by atoms with Crippen molar-refractivity contribution in [1.82, 2.24) is 0 Å². The van der Waals surface area contributed by atoms with Crippen LogP contribution in [0.2, 0.25) is 0 Å². The van der Waals surface area contributed by atoms with Gasteiger partial charge in [0.1, 0.15) is 5.57 Å². The minimum absolute atomic E-state index is 0.0186. The molecule has 0 spiro atoms. The van der Waals surface area contributed by atoms with E-state index in [2.05, 4.69) is 5.32 Å². The lowest BCUT2D eigenvalue weighted by molar-refractivity contribution is -0.231. The summed E-state index contributed by atoms with van der Waals surface area (Å²) in [6.07, 6.45) is 8.68. The monoisotopic (exact) mass is 399 g/mol. The maximum Gasteiger partial charge on any atom is 0.348 e. The molecule has 0 atom stereocenters. The SMILES string of the molecule is CCCOC(=O)CCC1(C)OC(=O)C(=C/C=C/C=C/Nc2ccccc2)C(=O)O1. The van der Waals surface area contributed by atoms with Gasteiger partial charge in [0.05, 0.1) is 13.0 Å². The standard InChI is InChI=1S/C22H25NO6/c1-3-16-27-19(24)13-14-22(2)28-20(25)18(21(26)29-22)12-8-5-9-15-23-17-10-6-4-7-11-17/h4-12,15,23H,3,13-14,16H2,1-2H3/b8-5+,15-9+,18-12?. The first kappa shape index (κ1) is 21.9. The summed E-state index contributed by atoms with van der Waals surface area (Å²) in [5, 5.41) is 3.07. The van der Waals surface area contributed by atoms with Crippen LogP contribution in [-0.2, 0) is 28.6 Å². The number of para-hydroxylation sites is 1. The number of carbonyl (C=O) groups is 3. The predicted molar refractivity (Wildman–Crippen MR) is 108 cm³/mol. The molecule has 1 N–H and O–H groups in total. The number of hydrogen-bond acceptors (Lipinski definition) is 7. The molecule has 0 radical (unpaired) electrons. The molecule has 0 aliphatic carbocycles. The van der Waals surface area contributed by atoms with Crippen LogP contribution < -0.4 is 5.32 Å². The summed E-state index contributed by atoms with van der Waals surface area (Å²) in [6, 6.07) is 9.60. The Balaban J connectivity index is 1.86. The summed E-state index contributed by atoms with van der Waals surface area (Å²) < 4.78 is 15.4. The highest BCUT2D eigenvalue weighted by Crippen LogP contribution is 2.27. The second-order valence-corrected chi connectivity index (χ2v) is 6.47. The fourth-order valence-electron chi connectivity index (χ4n) is 2.41. The van der Waals surface area contributed by atoms with Crippen LogP contribution in [0.1, 0.15) is 33.1 Å². The van der Waals surface area contributed by atoms with E-state index in [1.54, 1.807) is 18.4 Å². The number of cyclic esters (lactones) is 2. The van der Waals surface area contributed by atoms with Crippen LogP contribution in [0, 0.1) is 0 Å². The van der Waals surface area contributed by atoms with E-state index in [9.17, 15) is 14.4 Å². The van der Waals surface area contributed by atoms with Gasteiger partial charge in [0.25, 0.3) is 5.79 Å². The summed E-state index contributed by atoms with van der Waals surface area (Å²) in [7, 11) is 0. The largest absolute Gasteiger partial charge is 0.466 e. The van der Waals surface area contributed by atoms with Crippen LogP contribution in [0.5, 0.6) is 0 Å². The maximum absolute atomic E-state index is 12.2. The van der Waals surface area contributed by atoms with Gasteiger partial charge in [-0.25, -0.2) is 9.59 Å². The minimum Gasteiger partial charge on any atom is -0.466 e. The first-order valence-electron chi connectivity index (χ1n) is 9.41. The van der Waals surface area contributed by atoms with Crippen molar-refractivity contribution >= 4 is 23.6 Å². The van der Waals surface area contributed by atoms with E-state index in [1.807, 2.05) is 37.3 Å². The fraction of sp³-hybridized carbons (Fsp3) is 0.318. The highest BCUT2D eigenvalue weighted by atomic mass is 16.7. The van der Waals surface area contributed by atoms with Crippen LogP contribution in [-0.4, -0.2) is 30.3 Å². The van der Waals surface area contributed by atoms with Gasteiger partial charge in [0.2, 0.25) is 0 Å². The number of anilines is 1. The van der Waals surface area contributed by atoms with Crippen molar-refractivity contribution < 1.29 is 28.6 Å². The zero-order chi connectivity index (χ0) is 21.1. The van der Waals surface area contributed by atoms with Gasteiger partial charge in [0, 0.05) is 25.2 Å². The summed E-state index contributed by atoms with van der Waals surface area (Å²) in [4.78, 5) is 35.9. The number of allylic oxidation sites excluding steroid dienone is 4. The average Bonchev–Trinajstić information content (AvgIpc) is 2.70. The first-order chi connectivity index (χ1) is 13.9. The molecule has 7 heteroatoms. The van der Waals surface area contributed by atoms with Crippen molar-refractivity contribution in [2.24, 2.45) is 0 Å². The third kappa shape index (κ3) is 7.29. The molecule has 154 valence electrons. The molecule has 1 aliphatic heterocycles. The number of hydrogen-bond donors (Lipinski definition) is 1. The molecule has 0 aromatic heterocycles. The normalized spacial score (nSPS) is 19.2. The summed E-state index contributed by atoms with van der Waals surface area (Å²) in [6.45, 7) is 3.65. The quantitative estimate of drug-likeness (QED) is 0.293. The number of nitrogens with one attached hydrogen (secondary N) is 1. The fourth-order valence-corrected chi connectivity index (χ4v) is 2.41. The Morgan fingerprint density at radius 2 is 1.79 bits per heavy atom. The van der Waals surface area contributed by atoms with Gasteiger partial charge in [-0.1, -0.05) is 37.3 Å². The zero-order valence-corrected chi connectivity index (χ0v) is 16.6. The lowest BCUT2D eigenvalue weighted by Crippen LogP contribution is -2.44. The van der Waals surface area contributed by atoms with E-state index in [4.69, 9.17) is 14.2 Å². The zero-order valence-electron chi connectivity index (χ0n) is 16.6. The molecule has 1 aliphatic rings. The van der Waals surface area contributed by atoms with Gasteiger partial charge >= 0.3 is 17.9 Å². The van der Waals surface area contributed by atoms with Gasteiger partial charge in [-0.05, 0) is 30.7 Å². The van der Waals surface area contributed by atoms with Crippen molar-refractivity contribution in [3.05, 3.63) is 66.4 Å². The van der Waals surface area contributed by atoms with E-state index in [0.29, 0.717) is 13.0 Å². The van der Waals surface area contributed by atoms with E-state index in [0.717, 1.165) is 5.69 Å². The maximum atomic E-state index is 12.2. The number of rotatable bonds is 9. The second-order valence-electron chi connectivity index (χ2n) is 6.47. The molecule has 0 bridgehead atoms. The van der Waals surface area contributed by atoms with Gasteiger partial charge < -0.3 is 19.5 Å². The van der Waals surface area contributed by atoms with E-state index >= 15 is 0 Å². The molecule has 2 rings (SSSR count). The van der Waals surface area contributed by atoms with Crippen molar-refractivity contribution in [2.75, 3.05) is 11.9 Å². The molecular weight excluding hydrogens is 374 g/mol. The van der Waals surface area contributed by atoms with Crippen molar-refractivity contribution in [2.45, 2.75) is 38.9 Å². The Morgan fingerprint density at radius 1 is 1.10 bits per heavy atom. The Hall–Kier alpha value is -3.35. The van der Waals surface area contributed by atoms with Gasteiger partial charge in [-0.2, -0.15) is 0 Å². The molecule has 1 heterocycles. The van der Waals surface area contributed by atoms with Crippen molar-refractivity contribution in [3.8, 4) is 0 Å².